The summed E-state index contributed by atoms with van der Waals surface area (Å²) in [6.07, 6.45) is 0. The molecule has 0 aromatic heterocycles. The summed E-state index contributed by atoms with van der Waals surface area (Å²) in [5, 5.41) is 8.46. The summed E-state index contributed by atoms with van der Waals surface area (Å²) in [5.74, 6) is -0.282. The van der Waals surface area contributed by atoms with Crippen LogP contribution in [-0.2, 0) is 15.1 Å². The van der Waals surface area contributed by atoms with Crippen LogP contribution in [0.15, 0.2) is 77.7 Å². The first-order chi connectivity index (χ1) is 21.5. The van der Waals surface area contributed by atoms with Crippen LogP contribution in [-0.4, -0.2) is 59.6 Å². The average molecular weight is 624 g/mol. The molecule has 45 heavy (non-hydrogen) atoms. The lowest BCUT2D eigenvalue weighted by Gasteiger charge is -2.37. The van der Waals surface area contributed by atoms with E-state index in [9.17, 15) is 14.4 Å². The number of nitrogens with zero attached hydrogens (tertiary/aromatic N) is 2. The number of ether oxygens (including phenoxy) is 2. The SMILES string of the molecule is CNc1ccc(NC(=O)CNC(=O)c2ccc3c(c2)C2(OC3=O)c3ccc(N(C)C)cc3Oc3cc(N(C)C)ccc32)cc1S. The van der Waals surface area contributed by atoms with Gasteiger partial charge in [-0.3, -0.25) is 9.59 Å². The van der Waals surface area contributed by atoms with E-state index in [-0.39, 0.29) is 12.1 Å². The second kappa shape index (κ2) is 11.4. The number of hydrogen-bond acceptors (Lipinski definition) is 9. The van der Waals surface area contributed by atoms with E-state index < -0.39 is 23.4 Å². The molecule has 2 aliphatic heterocycles. The van der Waals surface area contributed by atoms with Crippen molar-refractivity contribution in [2.24, 2.45) is 0 Å². The van der Waals surface area contributed by atoms with Crippen LogP contribution in [0.3, 0.4) is 0 Å². The van der Waals surface area contributed by atoms with Gasteiger partial charge in [-0.25, -0.2) is 4.79 Å². The lowest BCUT2D eigenvalue weighted by atomic mass is 9.77. The van der Waals surface area contributed by atoms with Crippen molar-refractivity contribution < 1.29 is 23.9 Å². The molecule has 0 unspecified atom stereocenters. The number of hydrogen-bond donors (Lipinski definition) is 4. The molecule has 4 aromatic carbocycles. The van der Waals surface area contributed by atoms with E-state index >= 15 is 0 Å². The van der Waals surface area contributed by atoms with Crippen molar-refractivity contribution in [3.05, 3.63) is 101 Å². The summed E-state index contributed by atoms with van der Waals surface area (Å²) in [4.78, 5) is 44.0. The molecule has 10 nitrogen and oxygen atoms in total. The first kappa shape index (κ1) is 29.9. The number of amides is 2. The molecule has 6 rings (SSSR count). The van der Waals surface area contributed by atoms with Crippen molar-refractivity contribution in [3.63, 3.8) is 0 Å². The highest BCUT2D eigenvalue weighted by Gasteiger charge is 2.54. The number of rotatable bonds is 7. The van der Waals surface area contributed by atoms with Gasteiger partial charge in [-0.2, -0.15) is 0 Å². The second-order valence-electron chi connectivity index (χ2n) is 11.3. The molecular weight excluding hydrogens is 590 g/mol. The minimum atomic E-state index is -1.34. The van der Waals surface area contributed by atoms with Crippen LogP contribution in [0.2, 0.25) is 0 Å². The second-order valence-corrected chi connectivity index (χ2v) is 11.8. The molecule has 0 bridgehead atoms. The minimum Gasteiger partial charge on any atom is -0.456 e. The van der Waals surface area contributed by atoms with Crippen LogP contribution in [0.1, 0.15) is 37.4 Å². The Labute approximate surface area is 266 Å². The zero-order valence-corrected chi connectivity index (χ0v) is 26.4. The normalized spacial score (nSPS) is 13.5. The summed E-state index contributed by atoms with van der Waals surface area (Å²) in [7, 11) is 9.53. The Morgan fingerprint density at radius 3 is 2.04 bits per heavy atom. The fourth-order valence-electron chi connectivity index (χ4n) is 5.69. The van der Waals surface area contributed by atoms with Gasteiger partial charge in [0, 0.05) is 97.3 Å². The molecule has 0 saturated carbocycles. The summed E-state index contributed by atoms with van der Waals surface area (Å²) in [6, 6.07) is 21.6. The number of esters is 1. The molecular formula is C34H33N5O5S. The number of benzene rings is 4. The molecule has 2 heterocycles. The van der Waals surface area contributed by atoms with E-state index in [2.05, 4.69) is 28.6 Å². The molecule has 4 aromatic rings. The summed E-state index contributed by atoms with van der Waals surface area (Å²) < 4.78 is 12.7. The smallest absolute Gasteiger partial charge is 0.340 e. The zero-order chi connectivity index (χ0) is 32.0. The van der Waals surface area contributed by atoms with E-state index in [4.69, 9.17) is 9.47 Å². The van der Waals surface area contributed by atoms with Gasteiger partial charge in [0.1, 0.15) is 11.5 Å². The van der Waals surface area contributed by atoms with E-state index in [0.29, 0.717) is 44.3 Å². The van der Waals surface area contributed by atoms with Gasteiger partial charge in [0.2, 0.25) is 5.91 Å². The Bertz CT molecular complexity index is 1810. The molecule has 230 valence electrons. The molecule has 0 fully saturated rings. The van der Waals surface area contributed by atoms with Crippen molar-refractivity contribution in [1.82, 2.24) is 5.32 Å². The van der Waals surface area contributed by atoms with Gasteiger partial charge in [-0.05, 0) is 60.7 Å². The molecule has 2 amide bonds. The third kappa shape index (κ3) is 5.18. The first-order valence-corrected chi connectivity index (χ1v) is 14.7. The van der Waals surface area contributed by atoms with Gasteiger partial charge in [0.05, 0.1) is 12.1 Å². The summed E-state index contributed by atoms with van der Waals surface area (Å²) >= 11 is 4.42. The molecule has 0 saturated heterocycles. The molecule has 0 aliphatic carbocycles. The number of thiol groups is 1. The average Bonchev–Trinajstić information content (AvgIpc) is 3.31. The number of anilines is 4. The standard InChI is InChI=1S/C34H33N5O5S/c1-35-27-13-7-20(15-30(27)45)37-31(40)18-36-32(41)19-6-10-23-26(14-19)34(44-33(23)42)24-11-8-21(38(2)3)16-28(24)43-29-17-22(39(4)5)9-12-25(29)34/h6-17,35,45H,18H2,1-5H3,(H,36,41)(H,37,40). The van der Waals surface area contributed by atoms with Crippen LogP contribution in [0.25, 0.3) is 0 Å². The van der Waals surface area contributed by atoms with Gasteiger partial charge < -0.3 is 35.2 Å². The molecule has 3 N–H and O–H groups in total. The molecule has 11 heteroatoms. The van der Waals surface area contributed by atoms with Gasteiger partial charge >= 0.3 is 5.97 Å². The predicted molar refractivity (Wildman–Crippen MR) is 178 cm³/mol. The fourth-order valence-corrected chi connectivity index (χ4v) is 6.01. The van der Waals surface area contributed by atoms with Crippen molar-refractivity contribution in [2.75, 3.05) is 62.2 Å². The number of carbonyl (C=O) groups excluding carboxylic acids is 3. The Hall–Kier alpha value is -5.16. The van der Waals surface area contributed by atoms with E-state index in [0.717, 1.165) is 17.1 Å². The van der Waals surface area contributed by atoms with Crippen LogP contribution in [0.4, 0.5) is 22.7 Å². The molecule has 2 aliphatic rings. The largest absolute Gasteiger partial charge is 0.456 e. The van der Waals surface area contributed by atoms with Gasteiger partial charge in [-0.1, -0.05) is 0 Å². The molecule has 0 atom stereocenters. The number of nitrogens with one attached hydrogen (secondary N) is 3. The molecule has 0 radical (unpaired) electrons. The monoisotopic (exact) mass is 623 g/mol. The van der Waals surface area contributed by atoms with E-state index in [1.807, 2.05) is 74.4 Å². The maximum absolute atomic E-state index is 13.4. The van der Waals surface area contributed by atoms with Crippen LogP contribution in [0, 0.1) is 0 Å². The van der Waals surface area contributed by atoms with Crippen LogP contribution in [0.5, 0.6) is 11.5 Å². The van der Waals surface area contributed by atoms with Crippen molar-refractivity contribution >= 4 is 53.2 Å². The molecule has 1 spiro atoms. The Balaban J connectivity index is 1.35. The van der Waals surface area contributed by atoms with Gasteiger partial charge in [-0.15, -0.1) is 12.6 Å². The topological polar surface area (TPSA) is 112 Å². The highest BCUT2D eigenvalue weighted by molar-refractivity contribution is 7.80. The van der Waals surface area contributed by atoms with Gasteiger partial charge in [0.15, 0.2) is 5.60 Å². The first-order valence-electron chi connectivity index (χ1n) is 14.3. The highest BCUT2D eigenvalue weighted by atomic mass is 32.1. The minimum absolute atomic E-state index is 0.258. The fraction of sp³-hybridized carbons (Fsp3) is 0.206. The van der Waals surface area contributed by atoms with Crippen molar-refractivity contribution in [3.8, 4) is 11.5 Å². The Morgan fingerprint density at radius 2 is 1.47 bits per heavy atom. The maximum atomic E-state index is 13.4. The third-order valence-electron chi connectivity index (χ3n) is 8.03. The number of fused-ring (bicyclic) bond motifs is 6. The van der Waals surface area contributed by atoms with E-state index in [1.54, 1.807) is 43.4 Å². The van der Waals surface area contributed by atoms with Crippen molar-refractivity contribution in [1.29, 1.82) is 0 Å². The Morgan fingerprint density at radius 1 is 0.822 bits per heavy atom. The maximum Gasteiger partial charge on any atom is 0.340 e. The van der Waals surface area contributed by atoms with Gasteiger partial charge in [0.25, 0.3) is 5.91 Å². The van der Waals surface area contributed by atoms with Crippen molar-refractivity contribution in [2.45, 2.75) is 10.5 Å². The number of carbonyl (C=O) groups is 3. The summed E-state index contributed by atoms with van der Waals surface area (Å²) in [5.41, 5.74) is 4.31. The van der Waals surface area contributed by atoms with Crippen LogP contribution < -0.4 is 30.5 Å². The lowest BCUT2D eigenvalue weighted by molar-refractivity contribution is -0.115. The Kier molecular flexibility index (Phi) is 7.57. The third-order valence-corrected chi connectivity index (χ3v) is 8.40. The summed E-state index contributed by atoms with van der Waals surface area (Å²) in [6.45, 7) is -0.258. The zero-order valence-electron chi connectivity index (χ0n) is 25.5. The quantitative estimate of drug-likeness (QED) is 0.167. The lowest BCUT2D eigenvalue weighted by Crippen LogP contribution is -2.34. The predicted octanol–water partition coefficient (Wildman–Crippen LogP) is 5.09. The van der Waals surface area contributed by atoms with Crippen LogP contribution >= 0.6 is 12.6 Å². The highest BCUT2D eigenvalue weighted by Crippen LogP contribution is 2.57. The van der Waals surface area contributed by atoms with E-state index in [1.165, 1.54) is 0 Å².